The molecular formula is C43H35BrCl3NO5. The van der Waals surface area contributed by atoms with Crippen LogP contribution in [0.1, 0.15) is 43.0 Å². The maximum atomic E-state index is 10.5. The summed E-state index contributed by atoms with van der Waals surface area (Å²) in [7, 11) is 0. The van der Waals surface area contributed by atoms with Gasteiger partial charge in [-0.25, -0.2) is 6.57 Å². The van der Waals surface area contributed by atoms with E-state index in [1.807, 2.05) is 91.0 Å². The Hall–Kier alpha value is -5.10. The van der Waals surface area contributed by atoms with Crippen molar-refractivity contribution in [3.63, 3.8) is 0 Å². The van der Waals surface area contributed by atoms with E-state index < -0.39 is 0 Å². The number of carbonyl (C=O) groups is 2. The monoisotopic (exact) mass is 829 g/mol. The van der Waals surface area contributed by atoms with Crippen LogP contribution in [-0.4, -0.2) is 17.7 Å². The van der Waals surface area contributed by atoms with E-state index in [0.29, 0.717) is 58.7 Å². The van der Waals surface area contributed by atoms with Crippen LogP contribution in [0.3, 0.4) is 0 Å². The molecule has 6 nitrogen and oxygen atoms in total. The van der Waals surface area contributed by atoms with E-state index in [1.54, 1.807) is 24.3 Å². The van der Waals surface area contributed by atoms with E-state index in [4.69, 9.17) is 56.0 Å². The van der Waals surface area contributed by atoms with E-state index in [0.717, 1.165) is 28.3 Å². The Morgan fingerprint density at radius 2 is 1.00 bits per heavy atom. The lowest BCUT2D eigenvalue weighted by atomic mass is 10.2. The number of phenolic OH excluding ortho intramolecular Hbond substituents is 1. The first kappa shape index (κ1) is 42.3. The van der Waals surface area contributed by atoms with Gasteiger partial charge in [-0.3, -0.25) is 9.59 Å². The maximum absolute atomic E-state index is 10.5. The third-order valence-corrected chi connectivity index (χ3v) is 8.47. The normalized spacial score (nSPS) is 9.64. The summed E-state index contributed by atoms with van der Waals surface area (Å²) in [5.41, 5.74) is 5.40. The number of ether oxygens (including phenoxy) is 2. The van der Waals surface area contributed by atoms with Gasteiger partial charge in [0.1, 0.15) is 43.0 Å². The molecule has 6 aromatic carbocycles. The second-order valence-electron chi connectivity index (χ2n) is 10.9. The molecular weight excluding hydrogens is 797 g/mol. The van der Waals surface area contributed by atoms with Crippen LogP contribution in [0.5, 0.6) is 17.2 Å². The zero-order valence-electron chi connectivity index (χ0n) is 28.4. The smallest absolute Gasteiger partial charge is 0.239 e. The lowest BCUT2D eigenvalue weighted by Gasteiger charge is -2.08. The Morgan fingerprint density at radius 1 is 0.566 bits per heavy atom. The Bertz CT molecular complexity index is 2040. The van der Waals surface area contributed by atoms with Crippen LogP contribution in [0.15, 0.2) is 146 Å². The van der Waals surface area contributed by atoms with Crippen LogP contribution in [-0.2, 0) is 25.1 Å². The first-order valence-electron chi connectivity index (χ1n) is 16.0. The topological polar surface area (TPSA) is 77.2 Å². The van der Waals surface area contributed by atoms with Crippen molar-refractivity contribution < 1.29 is 24.2 Å². The number of halogens is 4. The Labute approximate surface area is 333 Å². The van der Waals surface area contributed by atoms with Gasteiger partial charge in [0, 0.05) is 22.0 Å². The SMILES string of the molecule is BrCc1ccccc1.O=Cc1ccc(O)c(Cl)c1.O=Cc1ccc(OCc2ccccc2)c(Cl)c1.[C-]#[N+]Cc1ccc(OCc2ccccc2)c(Cl)c1. The van der Waals surface area contributed by atoms with Crippen LogP contribution in [0.4, 0.5) is 0 Å². The minimum absolute atomic E-state index is 0.00716. The highest BCUT2D eigenvalue weighted by Crippen LogP contribution is 2.27. The number of hydrogen-bond acceptors (Lipinski definition) is 5. The van der Waals surface area contributed by atoms with E-state index in [2.05, 4.69) is 32.9 Å². The first-order chi connectivity index (χ1) is 25.8. The number of phenols is 1. The molecule has 0 amide bonds. The Kier molecular flexibility index (Phi) is 19.3. The minimum Gasteiger partial charge on any atom is -0.506 e. The minimum atomic E-state index is -0.00716. The van der Waals surface area contributed by atoms with Crippen LogP contribution < -0.4 is 9.47 Å². The summed E-state index contributed by atoms with van der Waals surface area (Å²) in [6.45, 7) is 8.10. The molecule has 0 radical (unpaired) electrons. The van der Waals surface area contributed by atoms with Gasteiger partial charge in [-0.15, -0.1) is 0 Å². The molecule has 0 saturated carbocycles. The summed E-state index contributed by atoms with van der Waals surface area (Å²) in [5.74, 6) is 1.22. The van der Waals surface area contributed by atoms with Crippen LogP contribution in [0.2, 0.25) is 15.1 Å². The molecule has 53 heavy (non-hydrogen) atoms. The highest BCUT2D eigenvalue weighted by molar-refractivity contribution is 9.08. The first-order valence-corrected chi connectivity index (χ1v) is 18.2. The number of alkyl halides is 1. The summed E-state index contributed by atoms with van der Waals surface area (Å²) in [4.78, 5) is 24.0. The molecule has 6 rings (SSSR count). The van der Waals surface area contributed by atoms with E-state index >= 15 is 0 Å². The van der Waals surface area contributed by atoms with Gasteiger partial charge in [0.25, 0.3) is 0 Å². The molecule has 0 bridgehead atoms. The molecule has 6 aromatic rings. The average Bonchev–Trinajstić information content (AvgIpc) is 3.20. The zero-order chi connectivity index (χ0) is 38.3. The van der Waals surface area contributed by atoms with Crippen molar-refractivity contribution in [1.82, 2.24) is 0 Å². The molecule has 0 fully saturated rings. The highest BCUT2D eigenvalue weighted by atomic mass is 79.9. The molecule has 0 aliphatic heterocycles. The third kappa shape index (κ3) is 16.0. The van der Waals surface area contributed by atoms with E-state index in [-0.39, 0.29) is 10.8 Å². The van der Waals surface area contributed by atoms with Gasteiger partial charge >= 0.3 is 0 Å². The fourth-order valence-electron chi connectivity index (χ4n) is 4.19. The van der Waals surface area contributed by atoms with Crippen molar-refractivity contribution in [2.45, 2.75) is 25.1 Å². The molecule has 10 heteroatoms. The fraction of sp³-hybridized carbons (Fsp3) is 0.0930. The van der Waals surface area contributed by atoms with Crippen molar-refractivity contribution >= 4 is 63.3 Å². The van der Waals surface area contributed by atoms with Gasteiger partial charge in [-0.05, 0) is 71.3 Å². The molecule has 0 aromatic heterocycles. The van der Waals surface area contributed by atoms with Crippen LogP contribution in [0, 0.1) is 6.57 Å². The summed E-state index contributed by atoms with van der Waals surface area (Å²) >= 11 is 20.9. The van der Waals surface area contributed by atoms with Crippen LogP contribution >= 0.6 is 50.7 Å². The molecule has 1 N–H and O–H groups in total. The molecule has 0 aliphatic carbocycles. The van der Waals surface area contributed by atoms with Crippen molar-refractivity contribution in [2.75, 3.05) is 0 Å². The van der Waals surface area contributed by atoms with Crippen molar-refractivity contribution in [1.29, 1.82) is 0 Å². The fourth-order valence-corrected chi connectivity index (χ4v) is 5.26. The number of aldehydes is 2. The molecule has 0 saturated heterocycles. The third-order valence-electron chi connectivity index (χ3n) is 6.93. The van der Waals surface area contributed by atoms with Crippen molar-refractivity contribution in [3.8, 4) is 17.2 Å². The van der Waals surface area contributed by atoms with Gasteiger partial charge in [-0.1, -0.05) is 142 Å². The van der Waals surface area contributed by atoms with Gasteiger partial charge < -0.3 is 19.4 Å². The van der Waals surface area contributed by atoms with Gasteiger partial charge in [0.05, 0.1) is 15.1 Å². The number of benzene rings is 6. The average molecular weight is 832 g/mol. The zero-order valence-corrected chi connectivity index (χ0v) is 32.2. The number of rotatable bonds is 10. The Morgan fingerprint density at radius 3 is 1.40 bits per heavy atom. The lowest BCUT2D eigenvalue weighted by Crippen LogP contribution is -1.96. The molecule has 0 atom stereocenters. The maximum Gasteiger partial charge on any atom is 0.239 e. The number of aromatic hydroxyl groups is 1. The lowest BCUT2D eigenvalue weighted by molar-refractivity contribution is 0.111. The summed E-state index contributed by atoms with van der Waals surface area (Å²) in [5, 5.41) is 11.0. The molecule has 0 aliphatic rings. The summed E-state index contributed by atoms with van der Waals surface area (Å²) in [6.07, 6.45) is 1.43. The van der Waals surface area contributed by atoms with Gasteiger partial charge in [0.15, 0.2) is 0 Å². The van der Waals surface area contributed by atoms with Crippen molar-refractivity contribution in [2.24, 2.45) is 0 Å². The second-order valence-corrected chi connectivity index (χ2v) is 12.7. The van der Waals surface area contributed by atoms with E-state index in [9.17, 15) is 9.59 Å². The standard InChI is InChI=1S/C15H12ClNO.C14H11ClO2.C7H7Br.C7H5ClO2/c1-17-10-13-7-8-15(14(16)9-13)18-11-12-5-3-2-4-6-12;15-13-8-12(9-16)6-7-14(13)17-10-11-4-2-1-3-5-11;8-6-7-4-2-1-3-5-7;8-6-3-5(4-9)1-2-7(6)10/h2-9H,10-11H2;1-9H,10H2;1-5H,6H2;1-4,10H. The predicted octanol–water partition coefficient (Wildman–Crippen LogP) is 12.5. The number of hydrogen-bond donors (Lipinski definition) is 1. The van der Waals surface area contributed by atoms with E-state index in [1.165, 1.54) is 23.8 Å². The largest absolute Gasteiger partial charge is 0.506 e. The van der Waals surface area contributed by atoms with Gasteiger partial charge in [-0.2, -0.15) is 0 Å². The molecule has 0 unspecified atom stereocenters. The number of carbonyl (C=O) groups excluding carboxylic acids is 2. The van der Waals surface area contributed by atoms with Gasteiger partial charge in [0.2, 0.25) is 6.54 Å². The Balaban J connectivity index is 0.000000200. The van der Waals surface area contributed by atoms with Crippen LogP contribution in [0.25, 0.3) is 4.85 Å². The molecule has 0 spiro atoms. The molecule has 0 heterocycles. The quantitative estimate of drug-likeness (QED) is 0.0845. The highest BCUT2D eigenvalue weighted by Gasteiger charge is 2.05. The summed E-state index contributed by atoms with van der Waals surface area (Å²) in [6, 6.07) is 44.7. The number of nitrogens with zero attached hydrogens (tertiary/aromatic N) is 1. The second kappa shape index (κ2) is 24.2. The van der Waals surface area contributed by atoms with Crippen molar-refractivity contribution in [3.05, 3.63) is 205 Å². The predicted molar refractivity (Wildman–Crippen MR) is 218 cm³/mol. The summed E-state index contributed by atoms with van der Waals surface area (Å²) < 4.78 is 11.2. The molecule has 270 valence electrons.